The highest BCUT2D eigenvalue weighted by atomic mass is 16.5. The third kappa shape index (κ3) is 2.88. The van der Waals surface area contributed by atoms with Gasteiger partial charge in [0, 0.05) is 11.8 Å². The molecule has 7 nitrogen and oxygen atoms in total. The molecule has 31 heavy (non-hydrogen) atoms. The van der Waals surface area contributed by atoms with Gasteiger partial charge in [-0.15, -0.1) is 0 Å². The summed E-state index contributed by atoms with van der Waals surface area (Å²) in [5.41, 5.74) is 2.01. The van der Waals surface area contributed by atoms with E-state index < -0.39 is 23.9 Å². The largest absolute Gasteiger partial charge is 0.497 e. The Morgan fingerprint density at radius 2 is 1.65 bits per heavy atom. The first kappa shape index (κ1) is 19.2. The molecule has 0 unspecified atom stereocenters. The minimum absolute atomic E-state index is 0.237. The molecule has 5 rings (SSSR count). The number of nitrogens with zero attached hydrogens (tertiary/aromatic N) is 3. The zero-order valence-electron chi connectivity index (χ0n) is 17.1. The SMILES string of the molecule is COc1ccc(C(=O)[C@@H]2[C@@H]3C(=O)N(c4ccc(C)cc4)C(=O)[C@@H]3[C@H]3C=CC=NN32)cc1. The van der Waals surface area contributed by atoms with Gasteiger partial charge >= 0.3 is 0 Å². The maximum absolute atomic E-state index is 13.5. The lowest BCUT2D eigenvalue weighted by atomic mass is 9.86. The van der Waals surface area contributed by atoms with Crippen molar-refractivity contribution < 1.29 is 19.1 Å². The highest BCUT2D eigenvalue weighted by molar-refractivity contribution is 6.24. The molecule has 3 heterocycles. The van der Waals surface area contributed by atoms with Crippen LogP contribution in [0.2, 0.25) is 0 Å². The van der Waals surface area contributed by atoms with Crippen molar-refractivity contribution in [2.45, 2.75) is 19.0 Å². The van der Waals surface area contributed by atoms with E-state index in [4.69, 9.17) is 4.74 Å². The van der Waals surface area contributed by atoms with Gasteiger partial charge in [-0.3, -0.25) is 19.4 Å². The van der Waals surface area contributed by atoms with Crippen LogP contribution in [0.5, 0.6) is 5.75 Å². The van der Waals surface area contributed by atoms with Gasteiger partial charge in [0.2, 0.25) is 11.8 Å². The maximum Gasteiger partial charge on any atom is 0.240 e. The fraction of sp³-hybridized carbons (Fsp3) is 0.250. The van der Waals surface area contributed by atoms with E-state index in [1.807, 2.05) is 25.1 Å². The Balaban J connectivity index is 1.55. The number of methoxy groups -OCH3 is 1. The van der Waals surface area contributed by atoms with E-state index in [9.17, 15) is 14.4 Å². The number of rotatable bonds is 4. The molecule has 0 bridgehead atoms. The number of aryl methyl sites for hydroxylation is 1. The number of hydrogen-bond acceptors (Lipinski definition) is 6. The van der Waals surface area contributed by atoms with Crippen molar-refractivity contribution >= 4 is 29.5 Å². The van der Waals surface area contributed by atoms with Crippen molar-refractivity contribution in [2.75, 3.05) is 12.0 Å². The van der Waals surface area contributed by atoms with Gasteiger partial charge in [-0.1, -0.05) is 23.8 Å². The molecule has 3 aliphatic heterocycles. The number of benzene rings is 2. The highest BCUT2D eigenvalue weighted by Crippen LogP contribution is 2.46. The maximum atomic E-state index is 13.5. The first-order valence-corrected chi connectivity index (χ1v) is 10.1. The number of Topliss-reactive ketones (excluding diaryl/α,β-unsaturated/α-hetero) is 1. The van der Waals surface area contributed by atoms with Crippen molar-refractivity contribution in [2.24, 2.45) is 16.9 Å². The quantitative estimate of drug-likeness (QED) is 0.567. The Morgan fingerprint density at radius 1 is 0.968 bits per heavy atom. The standard InChI is InChI=1S/C24H21N3O4/c1-14-5-9-16(10-6-14)26-23(29)19-18-4-3-13-25-27(18)21(20(19)24(26)30)22(28)15-7-11-17(31-2)12-8-15/h3-13,18-21H,1-2H3/t18-,19-,20-,21+/m1/s1. The minimum atomic E-state index is -0.850. The predicted octanol–water partition coefficient (Wildman–Crippen LogP) is 2.60. The molecular weight excluding hydrogens is 394 g/mol. The van der Waals surface area contributed by atoms with Crippen LogP contribution in [0.15, 0.2) is 65.8 Å². The highest BCUT2D eigenvalue weighted by Gasteiger charge is 2.64. The first-order valence-electron chi connectivity index (χ1n) is 10.1. The van der Waals surface area contributed by atoms with Gasteiger partial charge in [0.05, 0.1) is 30.7 Å². The van der Waals surface area contributed by atoms with Crippen molar-refractivity contribution in [3.8, 4) is 5.75 Å². The number of hydrogen-bond donors (Lipinski definition) is 0. The number of amides is 2. The Labute approximate surface area is 179 Å². The number of ether oxygens (including phenoxy) is 1. The molecule has 0 aromatic heterocycles. The molecule has 156 valence electrons. The van der Waals surface area contributed by atoms with E-state index in [0.717, 1.165) is 5.56 Å². The Hall–Kier alpha value is -3.74. The summed E-state index contributed by atoms with van der Waals surface area (Å²) in [6.45, 7) is 1.94. The van der Waals surface area contributed by atoms with Crippen molar-refractivity contribution in [1.29, 1.82) is 0 Å². The molecule has 2 amide bonds. The molecule has 2 saturated heterocycles. The van der Waals surface area contributed by atoms with E-state index in [-0.39, 0.29) is 17.6 Å². The van der Waals surface area contributed by atoms with E-state index >= 15 is 0 Å². The van der Waals surface area contributed by atoms with Crippen LogP contribution < -0.4 is 9.64 Å². The first-order chi connectivity index (χ1) is 15.0. The molecule has 2 aromatic rings. The number of carbonyl (C=O) groups is 3. The van der Waals surface area contributed by atoms with E-state index in [2.05, 4.69) is 5.10 Å². The molecule has 7 heteroatoms. The van der Waals surface area contributed by atoms with Crippen LogP contribution >= 0.6 is 0 Å². The van der Waals surface area contributed by atoms with Crippen LogP contribution in [-0.4, -0.2) is 48.0 Å². The van der Waals surface area contributed by atoms with Gasteiger partial charge in [-0.25, -0.2) is 4.90 Å². The van der Waals surface area contributed by atoms with Gasteiger partial charge < -0.3 is 4.74 Å². The second kappa shape index (κ2) is 7.19. The number of ketones is 1. The summed E-state index contributed by atoms with van der Waals surface area (Å²) in [6.07, 6.45) is 5.18. The molecule has 0 spiro atoms. The summed E-state index contributed by atoms with van der Waals surface area (Å²) in [6, 6.07) is 12.7. The Bertz CT molecular complexity index is 1120. The van der Waals surface area contributed by atoms with Gasteiger partial charge in [0.1, 0.15) is 11.8 Å². The lowest BCUT2D eigenvalue weighted by Gasteiger charge is -2.30. The van der Waals surface area contributed by atoms with Crippen LogP contribution in [-0.2, 0) is 9.59 Å². The number of carbonyl (C=O) groups excluding carboxylic acids is 3. The second-order valence-corrected chi connectivity index (χ2v) is 7.96. The average molecular weight is 415 g/mol. The van der Waals surface area contributed by atoms with Crippen LogP contribution in [0.1, 0.15) is 15.9 Å². The summed E-state index contributed by atoms with van der Waals surface area (Å²) in [5.74, 6) is -1.71. The van der Waals surface area contributed by atoms with Crippen LogP contribution in [0, 0.1) is 18.8 Å². The lowest BCUT2D eigenvalue weighted by molar-refractivity contribution is -0.123. The molecule has 0 aliphatic carbocycles. The van der Waals surface area contributed by atoms with Crippen molar-refractivity contribution in [3.63, 3.8) is 0 Å². The topological polar surface area (TPSA) is 79.3 Å². The van der Waals surface area contributed by atoms with Crippen LogP contribution in [0.25, 0.3) is 0 Å². The molecule has 0 N–H and O–H groups in total. The lowest BCUT2D eigenvalue weighted by Crippen LogP contribution is -2.46. The minimum Gasteiger partial charge on any atom is -0.497 e. The second-order valence-electron chi connectivity index (χ2n) is 7.96. The number of imide groups is 1. The summed E-state index contributed by atoms with van der Waals surface area (Å²) < 4.78 is 5.17. The van der Waals surface area contributed by atoms with Crippen LogP contribution in [0.3, 0.4) is 0 Å². The van der Waals surface area contributed by atoms with E-state index in [1.54, 1.807) is 60.8 Å². The number of allylic oxidation sites excluding steroid dienone is 1. The zero-order valence-corrected chi connectivity index (χ0v) is 17.1. The zero-order chi connectivity index (χ0) is 21.7. The van der Waals surface area contributed by atoms with Crippen LogP contribution in [0.4, 0.5) is 5.69 Å². The summed E-state index contributed by atoms with van der Waals surface area (Å²) in [7, 11) is 1.56. The molecule has 3 aliphatic rings. The van der Waals surface area contributed by atoms with E-state index in [1.165, 1.54) is 4.90 Å². The third-order valence-electron chi connectivity index (χ3n) is 6.23. The Morgan fingerprint density at radius 3 is 2.32 bits per heavy atom. The molecule has 0 saturated carbocycles. The number of hydrazone groups is 1. The Kier molecular flexibility index (Phi) is 4.46. The van der Waals surface area contributed by atoms with Crippen molar-refractivity contribution in [3.05, 3.63) is 71.8 Å². The summed E-state index contributed by atoms with van der Waals surface area (Å²) in [4.78, 5) is 41.6. The molecular formula is C24H21N3O4. The summed E-state index contributed by atoms with van der Waals surface area (Å²) >= 11 is 0. The molecule has 2 aromatic carbocycles. The smallest absolute Gasteiger partial charge is 0.240 e. The summed E-state index contributed by atoms with van der Waals surface area (Å²) in [5, 5.41) is 5.98. The molecule has 4 atom stereocenters. The normalized spacial score (nSPS) is 26.3. The van der Waals surface area contributed by atoms with E-state index in [0.29, 0.717) is 17.0 Å². The average Bonchev–Trinajstić information content (AvgIpc) is 3.27. The van der Waals surface area contributed by atoms with Gasteiger partial charge in [0.25, 0.3) is 0 Å². The van der Waals surface area contributed by atoms with Gasteiger partial charge in [0.15, 0.2) is 5.78 Å². The van der Waals surface area contributed by atoms with Gasteiger partial charge in [-0.2, -0.15) is 5.10 Å². The molecule has 0 radical (unpaired) electrons. The molecule has 2 fully saturated rings. The number of anilines is 1. The predicted molar refractivity (Wildman–Crippen MR) is 115 cm³/mol. The fourth-order valence-electron chi connectivity index (χ4n) is 4.71. The fourth-order valence-corrected chi connectivity index (χ4v) is 4.71. The van der Waals surface area contributed by atoms with Gasteiger partial charge in [-0.05, 0) is 49.4 Å². The third-order valence-corrected chi connectivity index (χ3v) is 6.23. The number of fused-ring (bicyclic) bond motifs is 3. The monoisotopic (exact) mass is 415 g/mol. The van der Waals surface area contributed by atoms with Crippen molar-refractivity contribution in [1.82, 2.24) is 5.01 Å².